The molecule has 1 unspecified atom stereocenters. The molecular weight excluding hydrogens is 224 g/mol. The van der Waals surface area contributed by atoms with E-state index in [-0.39, 0.29) is 12.4 Å². The van der Waals surface area contributed by atoms with E-state index in [2.05, 4.69) is 28.5 Å². The Balaban J connectivity index is 2.67. The molecule has 1 heterocycles. The van der Waals surface area contributed by atoms with Gasteiger partial charge in [0.05, 0.1) is 19.2 Å². The van der Waals surface area contributed by atoms with Crippen LogP contribution in [0.3, 0.4) is 0 Å². The zero-order chi connectivity index (χ0) is 12.1. The van der Waals surface area contributed by atoms with Crippen LogP contribution in [0.5, 0.6) is 0 Å². The average Bonchev–Trinajstić information content (AvgIpc) is 2.75. The number of carbonyl (C=O) groups excluding carboxylic acids is 1. The summed E-state index contributed by atoms with van der Waals surface area (Å²) in [7, 11) is 3.41. The fraction of sp³-hybridized carbons (Fsp3) is 0.636. The van der Waals surface area contributed by atoms with Gasteiger partial charge in [-0.25, -0.2) is 4.98 Å². The number of rotatable bonds is 5. The van der Waals surface area contributed by atoms with E-state index in [1.807, 2.05) is 12.4 Å². The molecule has 4 nitrogen and oxygen atoms in total. The van der Waals surface area contributed by atoms with Crippen LogP contribution in [0, 0.1) is 0 Å². The van der Waals surface area contributed by atoms with Crippen molar-refractivity contribution in [2.45, 2.75) is 32.7 Å². The number of thiazole rings is 1. The van der Waals surface area contributed by atoms with Crippen LogP contribution < -0.4 is 4.90 Å². The van der Waals surface area contributed by atoms with Crippen molar-refractivity contribution in [1.82, 2.24) is 4.98 Å². The molecule has 1 aromatic heterocycles. The first kappa shape index (κ1) is 13.0. The molecule has 0 radical (unpaired) electrons. The third-order valence-electron chi connectivity index (χ3n) is 2.65. The summed E-state index contributed by atoms with van der Waals surface area (Å²) in [5, 5.41) is 2.86. The summed E-state index contributed by atoms with van der Waals surface area (Å²) >= 11 is 1.56. The van der Waals surface area contributed by atoms with Crippen molar-refractivity contribution >= 4 is 22.4 Å². The predicted molar refractivity (Wildman–Crippen MR) is 66.0 cm³/mol. The van der Waals surface area contributed by atoms with Crippen molar-refractivity contribution in [1.29, 1.82) is 0 Å². The number of carbonyl (C=O) groups is 1. The first-order chi connectivity index (χ1) is 7.58. The lowest BCUT2D eigenvalue weighted by molar-refractivity contribution is -0.139. The molecule has 0 fully saturated rings. The van der Waals surface area contributed by atoms with E-state index in [0.29, 0.717) is 6.04 Å². The van der Waals surface area contributed by atoms with Gasteiger partial charge in [-0.2, -0.15) is 0 Å². The largest absolute Gasteiger partial charge is 0.469 e. The molecule has 16 heavy (non-hydrogen) atoms. The van der Waals surface area contributed by atoms with Gasteiger partial charge >= 0.3 is 5.97 Å². The number of ether oxygens (including phenoxy) is 1. The fourth-order valence-electron chi connectivity index (χ4n) is 1.22. The Kier molecular flexibility index (Phi) is 4.73. The van der Waals surface area contributed by atoms with Crippen molar-refractivity contribution in [3.63, 3.8) is 0 Å². The minimum absolute atomic E-state index is 0.247. The van der Waals surface area contributed by atoms with Crippen LogP contribution >= 0.6 is 11.3 Å². The predicted octanol–water partition coefficient (Wildman–Crippen LogP) is 2.09. The number of anilines is 1. The molecule has 1 aromatic rings. The first-order valence-electron chi connectivity index (χ1n) is 5.32. The maximum absolute atomic E-state index is 11.1. The van der Waals surface area contributed by atoms with Crippen molar-refractivity contribution in [3.05, 3.63) is 11.1 Å². The van der Waals surface area contributed by atoms with E-state index in [1.54, 1.807) is 11.3 Å². The van der Waals surface area contributed by atoms with E-state index in [0.717, 1.165) is 17.2 Å². The molecule has 0 aliphatic rings. The highest BCUT2D eigenvalue weighted by Crippen LogP contribution is 2.22. The second-order valence-electron chi connectivity index (χ2n) is 3.74. The van der Waals surface area contributed by atoms with Gasteiger partial charge in [0.25, 0.3) is 0 Å². The molecule has 0 aromatic carbocycles. The van der Waals surface area contributed by atoms with Crippen LogP contribution in [0.1, 0.15) is 26.0 Å². The van der Waals surface area contributed by atoms with Gasteiger partial charge in [0.1, 0.15) is 0 Å². The molecular formula is C11H18N2O2S. The Labute approximate surface area is 100 Å². The van der Waals surface area contributed by atoms with Gasteiger partial charge in [0.15, 0.2) is 5.13 Å². The number of nitrogens with zero attached hydrogens (tertiary/aromatic N) is 2. The second-order valence-corrected chi connectivity index (χ2v) is 4.58. The Morgan fingerprint density at radius 1 is 1.69 bits per heavy atom. The molecule has 0 N–H and O–H groups in total. The summed E-state index contributed by atoms with van der Waals surface area (Å²) in [6.45, 7) is 4.30. The Hall–Kier alpha value is -1.10. The molecule has 0 amide bonds. The lowest BCUT2D eigenvalue weighted by Gasteiger charge is -2.22. The van der Waals surface area contributed by atoms with Gasteiger partial charge < -0.3 is 9.64 Å². The summed E-state index contributed by atoms with van der Waals surface area (Å²) in [6, 6.07) is 0.456. The summed E-state index contributed by atoms with van der Waals surface area (Å²) in [4.78, 5) is 17.6. The topological polar surface area (TPSA) is 42.4 Å². The van der Waals surface area contributed by atoms with Crippen LogP contribution in [-0.4, -0.2) is 31.2 Å². The number of methoxy groups -OCH3 is 1. The third kappa shape index (κ3) is 3.20. The zero-order valence-electron chi connectivity index (χ0n) is 10.2. The summed E-state index contributed by atoms with van der Waals surface area (Å²) in [5.74, 6) is -0.247. The van der Waals surface area contributed by atoms with Crippen molar-refractivity contribution in [2.75, 3.05) is 19.1 Å². The molecule has 0 aliphatic heterocycles. The van der Waals surface area contributed by atoms with Gasteiger partial charge in [-0.05, 0) is 13.3 Å². The summed E-state index contributed by atoms with van der Waals surface area (Å²) in [5.41, 5.74) is 0.780. The molecule has 90 valence electrons. The van der Waals surface area contributed by atoms with Gasteiger partial charge in [0, 0.05) is 18.5 Å². The molecule has 0 spiro atoms. The van der Waals surface area contributed by atoms with E-state index in [4.69, 9.17) is 0 Å². The lowest BCUT2D eigenvalue weighted by Crippen LogP contribution is -2.27. The highest BCUT2D eigenvalue weighted by Gasteiger charge is 2.13. The minimum Gasteiger partial charge on any atom is -0.469 e. The standard InChI is InChI=1S/C11H18N2O2S/c1-5-8(2)13(3)11-12-9(7-16-11)6-10(14)15-4/h7-8H,5-6H2,1-4H3. The molecule has 0 bridgehead atoms. The minimum atomic E-state index is -0.247. The van der Waals surface area contributed by atoms with Crippen molar-refractivity contribution in [3.8, 4) is 0 Å². The van der Waals surface area contributed by atoms with Crippen molar-refractivity contribution in [2.24, 2.45) is 0 Å². The molecule has 0 saturated heterocycles. The van der Waals surface area contributed by atoms with Crippen molar-refractivity contribution < 1.29 is 9.53 Å². The first-order valence-corrected chi connectivity index (χ1v) is 6.20. The fourth-order valence-corrected chi connectivity index (χ4v) is 2.12. The highest BCUT2D eigenvalue weighted by atomic mass is 32.1. The number of esters is 1. The van der Waals surface area contributed by atoms with Crippen LogP contribution in [0.4, 0.5) is 5.13 Å². The van der Waals surface area contributed by atoms with E-state index < -0.39 is 0 Å². The number of aromatic nitrogens is 1. The van der Waals surface area contributed by atoms with Gasteiger partial charge in [0.2, 0.25) is 0 Å². The maximum Gasteiger partial charge on any atom is 0.311 e. The number of hydrogen-bond acceptors (Lipinski definition) is 5. The molecule has 0 saturated carbocycles. The second kappa shape index (κ2) is 5.84. The van der Waals surface area contributed by atoms with E-state index in [9.17, 15) is 4.79 Å². The smallest absolute Gasteiger partial charge is 0.311 e. The van der Waals surface area contributed by atoms with E-state index in [1.165, 1.54) is 7.11 Å². The van der Waals surface area contributed by atoms with Crippen LogP contribution in [0.2, 0.25) is 0 Å². The van der Waals surface area contributed by atoms with Crippen LogP contribution in [0.25, 0.3) is 0 Å². The van der Waals surface area contributed by atoms with Crippen LogP contribution in [0.15, 0.2) is 5.38 Å². The quantitative estimate of drug-likeness (QED) is 0.742. The summed E-state index contributed by atoms with van der Waals surface area (Å²) < 4.78 is 4.60. The lowest BCUT2D eigenvalue weighted by atomic mass is 10.2. The molecule has 1 rings (SSSR count). The average molecular weight is 242 g/mol. The normalized spacial score (nSPS) is 12.2. The Morgan fingerprint density at radius 3 is 2.94 bits per heavy atom. The van der Waals surface area contributed by atoms with Gasteiger partial charge in [-0.3, -0.25) is 4.79 Å². The Morgan fingerprint density at radius 2 is 2.38 bits per heavy atom. The van der Waals surface area contributed by atoms with Gasteiger partial charge in [-0.15, -0.1) is 11.3 Å². The molecule has 5 heteroatoms. The molecule has 0 aliphatic carbocycles. The third-order valence-corrected chi connectivity index (χ3v) is 3.63. The van der Waals surface area contributed by atoms with Crippen LogP contribution in [-0.2, 0) is 16.0 Å². The zero-order valence-corrected chi connectivity index (χ0v) is 11.0. The highest BCUT2D eigenvalue weighted by molar-refractivity contribution is 7.13. The maximum atomic E-state index is 11.1. The summed E-state index contributed by atoms with van der Waals surface area (Å²) in [6.07, 6.45) is 1.32. The number of hydrogen-bond donors (Lipinski definition) is 0. The Bertz CT molecular complexity index is 352. The van der Waals surface area contributed by atoms with E-state index >= 15 is 0 Å². The van der Waals surface area contributed by atoms with Gasteiger partial charge in [-0.1, -0.05) is 6.92 Å². The molecule has 1 atom stereocenters. The SMILES string of the molecule is CCC(C)N(C)c1nc(CC(=O)OC)cs1. The monoisotopic (exact) mass is 242 g/mol.